The van der Waals surface area contributed by atoms with Gasteiger partial charge in [0.2, 0.25) is 0 Å². The summed E-state index contributed by atoms with van der Waals surface area (Å²) >= 11 is 0. The van der Waals surface area contributed by atoms with E-state index in [1.165, 1.54) is 37.1 Å². The van der Waals surface area contributed by atoms with Crippen LogP contribution >= 0.6 is 0 Å². The highest BCUT2D eigenvalue weighted by Gasteiger charge is 2.34. The van der Waals surface area contributed by atoms with Crippen molar-refractivity contribution in [3.63, 3.8) is 0 Å². The zero-order valence-electron chi connectivity index (χ0n) is 20.0. The fourth-order valence-corrected chi connectivity index (χ4v) is 5.16. The van der Waals surface area contributed by atoms with E-state index in [4.69, 9.17) is 18.9 Å². The summed E-state index contributed by atoms with van der Waals surface area (Å²) in [5.41, 5.74) is 3.57. The second kappa shape index (κ2) is 10.4. The van der Waals surface area contributed by atoms with Crippen molar-refractivity contribution in [2.75, 3.05) is 47.1 Å². The molecule has 3 aromatic rings. The standard InChI is InChI=1S/C29H33NO4/c1-31-24-7-5-6-22(18-24)27-20-34-28-13-12-25(32-2)19-26(28)29(27)21-8-10-23(11-9-21)33-17-16-30-14-3-4-15-30/h5-13,18-19,27,29H,3-4,14-17,20H2,1-2H3. The molecule has 1 saturated heterocycles. The summed E-state index contributed by atoms with van der Waals surface area (Å²) in [4.78, 5) is 2.47. The van der Waals surface area contributed by atoms with Crippen LogP contribution in [-0.4, -0.2) is 52.0 Å². The smallest absolute Gasteiger partial charge is 0.123 e. The molecule has 2 atom stereocenters. The molecule has 2 aliphatic heterocycles. The summed E-state index contributed by atoms with van der Waals surface area (Å²) in [6.45, 7) is 4.71. The Balaban J connectivity index is 1.42. The number of ether oxygens (including phenoxy) is 4. The van der Waals surface area contributed by atoms with E-state index < -0.39 is 0 Å². The van der Waals surface area contributed by atoms with Crippen molar-refractivity contribution in [2.24, 2.45) is 0 Å². The van der Waals surface area contributed by atoms with Gasteiger partial charge in [0.15, 0.2) is 0 Å². The first-order chi connectivity index (χ1) is 16.7. The highest BCUT2D eigenvalue weighted by atomic mass is 16.5. The van der Waals surface area contributed by atoms with Crippen LogP contribution in [0.3, 0.4) is 0 Å². The minimum atomic E-state index is 0.129. The van der Waals surface area contributed by atoms with E-state index in [9.17, 15) is 0 Å². The van der Waals surface area contributed by atoms with Crippen LogP contribution in [0.25, 0.3) is 0 Å². The molecule has 34 heavy (non-hydrogen) atoms. The monoisotopic (exact) mass is 459 g/mol. The fourth-order valence-electron chi connectivity index (χ4n) is 5.16. The fraction of sp³-hybridized carbons (Fsp3) is 0.379. The van der Waals surface area contributed by atoms with Gasteiger partial charge in [-0.2, -0.15) is 0 Å². The van der Waals surface area contributed by atoms with Crippen molar-refractivity contribution in [3.8, 4) is 23.0 Å². The number of methoxy groups -OCH3 is 2. The molecule has 5 nitrogen and oxygen atoms in total. The zero-order valence-corrected chi connectivity index (χ0v) is 20.0. The van der Waals surface area contributed by atoms with Crippen molar-refractivity contribution in [1.82, 2.24) is 4.90 Å². The predicted octanol–water partition coefficient (Wildman–Crippen LogP) is 5.49. The summed E-state index contributed by atoms with van der Waals surface area (Å²) in [7, 11) is 3.41. The predicted molar refractivity (Wildman–Crippen MR) is 134 cm³/mol. The normalized spacial score (nSPS) is 19.8. The van der Waals surface area contributed by atoms with Crippen molar-refractivity contribution in [3.05, 3.63) is 83.4 Å². The Labute approximate surface area is 202 Å². The van der Waals surface area contributed by atoms with Crippen LogP contribution in [0.4, 0.5) is 0 Å². The van der Waals surface area contributed by atoms with Gasteiger partial charge in [0.25, 0.3) is 0 Å². The van der Waals surface area contributed by atoms with Crippen LogP contribution in [0.2, 0.25) is 0 Å². The summed E-state index contributed by atoms with van der Waals surface area (Å²) in [5.74, 6) is 3.80. The Morgan fingerprint density at radius 1 is 0.824 bits per heavy atom. The lowest BCUT2D eigenvalue weighted by atomic mass is 9.76. The van der Waals surface area contributed by atoms with Gasteiger partial charge in [-0.25, -0.2) is 0 Å². The van der Waals surface area contributed by atoms with Crippen molar-refractivity contribution in [2.45, 2.75) is 24.7 Å². The van der Waals surface area contributed by atoms with Crippen LogP contribution in [-0.2, 0) is 0 Å². The van der Waals surface area contributed by atoms with Crippen molar-refractivity contribution < 1.29 is 18.9 Å². The summed E-state index contributed by atoms with van der Waals surface area (Å²) < 4.78 is 23.3. The molecular formula is C29H33NO4. The number of hydrogen-bond acceptors (Lipinski definition) is 5. The van der Waals surface area contributed by atoms with E-state index >= 15 is 0 Å². The lowest BCUT2D eigenvalue weighted by Crippen LogP contribution is -2.25. The van der Waals surface area contributed by atoms with Gasteiger partial charge in [-0.1, -0.05) is 24.3 Å². The van der Waals surface area contributed by atoms with Gasteiger partial charge in [0.05, 0.1) is 20.8 Å². The van der Waals surface area contributed by atoms with Gasteiger partial charge in [-0.15, -0.1) is 0 Å². The molecule has 0 aromatic heterocycles. The van der Waals surface area contributed by atoms with Crippen LogP contribution < -0.4 is 18.9 Å². The van der Waals surface area contributed by atoms with Gasteiger partial charge in [0.1, 0.15) is 29.6 Å². The minimum Gasteiger partial charge on any atom is -0.497 e. The third-order valence-electron chi connectivity index (χ3n) is 7.01. The largest absolute Gasteiger partial charge is 0.497 e. The number of likely N-dealkylation sites (tertiary alicyclic amines) is 1. The average molecular weight is 460 g/mol. The number of fused-ring (bicyclic) bond motifs is 1. The molecule has 178 valence electrons. The van der Waals surface area contributed by atoms with E-state index in [0.29, 0.717) is 6.61 Å². The molecule has 0 N–H and O–H groups in total. The highest BCUT2D eigenvalue weighted by Crippen LogP contribution is 2.47. The van der Waals surface area contributed by atoms with Crippen LogP contribution in [0, 0.1) is 0 Å². The van der Waals surface area contributed by atoms with E-state index in [-0.39, 0.29) is 11.8 Å². The molecule has 2 unspecified atom stereocenters. The maximum Gasteiger partial charge on any atom is 0.123 e. The Bertz CT molecular complexity index is 1090. The molecule has 0 bridgehead atoms. The first-order valence-electron chi connectivity index (χ1n) is 12.1. The van der Waals surface area contributed by atoms with E-state index in [0.717, 1.165) is 41.7 Å². The summed E-state index contributed by atoms with van der Waals surface area (Å²) in [6.07, 6.45) is 2.61. The molecular weight excluding hydrogens is 426 g/mol. The molecule has 0 saturated carbocycles. The Morgan fingerprint density at radius 3 is 2.32 bits per heavy atom. The minimum absolute atomic E-state index is 0.129. The molecule has 5 heteroatoms. The second-order valence-corrected chi connectivity index (χ2v) is 9.04. The molecule has 0 radical (unpaired) electrons. The number of nitrogens with zero attached hydrogens (tertiary/aromatic N) is 1. The molecule has 0 spiro atoms. The topological polar surface area (TPSA) is 40.2 Å². The summed E-state index contributed by atoms with van der Waals surface area (Å²) in [6, 6.07) is 22.9. The highest BCUT2D eigenvalue weighted by molar-refractivity contribution is 5.51. The lowest BCUT2D eigenvalue weighted by molar-refractivity contribution is 0.237. The van der Waals surface area contributed by atoms with Crippen LogP contribution in [0.1, 0.15) is 41.4 Å². The third kappa shape index (κ3) is 4.85. The van der Waals surface area contributed by atoms with Crippen molar-refractivity contribution in [1.29, 1.82) is 0 Å². The number of hydrogen-bond donors (Lipinski definition) is 0. The van der Waals surface area contributed by atoms with E-state index in [1.54, 1.807) is 14.2 Å². The average Bonchev–Trinajstić information content (AvgIpc) is 3.42. The summed E-state index contributed by atoms with van der Waals surface area (Å²) in [5, 5.41) is 0. The van der Waals surface area contributed by atoms with Gasteiger partial charge in [-0.05, 0) is 79.5 Å². The van der Waals surface area contributed by atoms with E-state index in [2.05, 4.69) is 47.4 Å². The number of benzene rings is 3. The van der Waals surface area contributed by atoms with Gasteiger partial charge < -0.3 is 18.9 Å². The molecule has 5 rings (SSSR count). The first-order valence-corrected chi connectivity index (χ1v) is 12.1. The lowest BCUT2D eigenvalue weighted by Gasteiger charge is -2.35. The molecule has 0 amide bonds. The molecule has 2 aliphatic rings. The van der Waals surface area contributed by atoms with E-state index in [1.807, 2.05) is 24.3 Å². The maximum absolute atomic E-state index is 6.22. The quantitative estimate of drug-likeness (QED) is 0.446. The first kappa shape index (κ1) is 22.6. The van der Waals surface area contributed by atoms with Crippen molar-refractivity contribution >= 4 is 0 Å². The van der Waals surface area contributed by atoms with Crippen LogP contribution in [0.15, 0.2) is 66.7 Å². The third-order valence-corrected chi connectivity index (χ3v) is 7.01. The molecule has 3 aromatic carbocycles. The maximum atomic E-state index is 6.22. The van der Waals surface area contributed by atoms with Gasteiger partial charge in [-0.3, -0.25) is 4.90 Å². The molecule has 0 aliphatic carbocycles. The zero-order chi connectivity index (χ0) is 23.3. The molecule has 1 fully saturated rings. The van der Waals surface area contributed by atoms with Gasteiger partial charge >= 0.3 is 0 Å². The van der Waals surface area contributed by atoms with Gasteiger partial charge in [0, 0.05) is 23.9 Å². The van der Waals surface area contributed by atoms with Crippen LogP contribution in [0.5, 0.6) is 23.0 Å². The Morgan fingerprint density at radius 2 is 1.56 bits per heavy atom. The Hall–Kier alpha value is -3.18. The SMILES string of the molecule is COc1cccc(C2COc3ccc(OC)cc3C2c2ccc(OCCN3CCCC3)cc2)c1. The second-order valence-electron chi connectivity index (χ2n) is 9.04. The molecule has 2 heterocycles. The Kier molecular flexibility index (Phi) is 6.91. The number of rotatable bonds is 8.